The maximum atomic E-state index is 9.98. The molecule has 0 aliphatic rings. The fraction of sp³-hybridized carbons (Fsp3) is 0. The topological polar surface area (TPSA) is 131 Å². The third kappa shape index (κ3) is 7.10. The maximum Gasteiger partial charge on any atom is 0.488 e. The first-order chi connectivity index (χ1) is 29.0. The van der Waals surface area contributed by atoms with Crippen molar-refractivity contribution in [2.24, 2.45) is 0 Å². The second-order valence-corrected chi connectivity index (χ2v) is 14.0. The molecular formula is C49H32BN7O2. The van der Waals surface area contributed by atoms with Crippen molar-refractivity contribution in [1.29, 1.82) is 0 Å². The van der Waals surface area contributed by atoms with Gasteiger partial charge >= 0.3 is 7.12 Å². The molecule has 0 bridgehead atoms. The van der Waals surface area contributed by atoms with E-state index >= 15 is 0 Å². The van der Waals surface area contributed by atoms with Crippen molar-refractivity contribution < 1.29 is 10.0 Å². The normalized spacial score (nSPS) is 11.2. The van der Waals surface area contributed by atoms with E-state index in [1.165, 1.54) is 0 Å². The van der Waals surface area contributed by atoms with Crippen molar-refractivity contribution in [3.8, 4) is 79.2 Å². The number of hydrogen-bond acceptors (Lipinski definition) is 9. The molecule has 0 radical (unpaired) electrons. The predicted molar refractivity (Wildman–Crippen MR) is 234 cm³/mol. The lowest BCUT2D eigenvalue weighted by Gasteiger charge is -2.13. The standard InChI is InChI=1S/C49H32BN7O2/c58-50(59)38-17-11-16-37(30-38)49-56-47(35-26-22-33(23-27-35)45-43(31-12-3-1-4-13-31)51-39-18-7-9-20-41(39)53-45)55-48(57-49)36-28-24-34(25-29-36)46-44(32-14-5-2-6-15-32)52-40-19-8-10-21-42(40)54-46/h1-30,58-59H. The summed E-state index contributed by atoms with van der Waals surface area (Å²) >= 11 is 0. The highest BCUT2D eigenvalue weighted by Crippen LogP contribution is 2.35. The summed E-state index contributed by atoms with van der Waals surface area (Å²) in [7, 11) is -1.64. The van der Waals surface area contributed by atoms with Crippen LogP contribution in [0.25, 0.3) is 101 Å². The lowest BCUT2D eigenvalue weighted by atomic mass is 9.79. The van der Waals surface area contributed by atoms with Crippen LogP contribution in [0.4, 0.5) is 0 Å². The Hall–Kier alpha value is -7.79. The number of benzene rings is 7. The Morgan fingerprint density at radius 2 is 0.576 bits per heavy atom. The summed E-state index contributed by atoms with van der Waals surface area (Å²) < 4.78 is 0. The molecule has 0 saturated carbocycles. The Bertz CT molecular complexity index is 2950. The molecule has 0 aliphatic heterocycles. The molecule has 0 fully saturated rings. The van der Waals surface area contributed by atoms with E-state index in [2.05, 4.69) is 0 Å². The highest BCUT2D eigenvalue weighted by Gasteiger charge is 2.19. The van der Waals surface area contributed by atoms with Gasteiger partial charge in [-0.25, -0.2) is 34.9 Å². The molecule has 0 aliphatic carbocycles. The van der Waals surface area contributed by atoms with Crippen LogP contribution in [0.3, 0.4) is 0 Å². The van der Waals surface area contributed by atoms with Crippen molar-refractivity contribution in [3.05, 3.63) is 182 Å². The smallest absolute Gasteiger partial charge is 0.423 e. The third-order valence-corrected chi connectivity index (χ3v) is 10.1. The van der Waals surface area contributed by atoms with Crippen LogP contribution >= 0.6 is 0 Å². The van der Waals surface area contributed by atoms with Crippen LogP contribution in [0, 0.1) is 0 Å². The van der Waals surface area contributed by atoms with Gasteiger partial charge in [-0.3, -0.25) is 0 Å². The Kier molecular flexibility index (Phi) is 9.22. The molecule has 59 heavy (non-hydrogen) atoms. The molecular weight excluding hydrogens is 729 g/mol. The summed E-state index contributed by atoms with van der Waals surface area (Å²) in [6.07, 6.45) is 0. The van der Waals surface area contributed by atoms with Crippen molar-refractivity contribution in [3.63, 3.8) is 0 Å². The summed E-state index contributed by atoms with van der Waals surface area (Å²) in [4.78, 5) is 35.0. The molecule has 0 saturated heterocycles. The van der Waals surface area contributed by atoms with Gasteiger partial charge in [0.1, 0.15) is 0 Å². The molecule has 0 spiro atoms. The van der Waals surface area contributed by atoms with Gasteiger partial charge in [-0.2, -0.15) is 0 Å². The number of aromatic nitrogens is 7. The minimum atomic E-state index is -1.64. The molecule has 0 unspecified atom stereocenters. The van der Waals surface area contributed by atoms with Crippen LogP contribution in [0.15, 0.2) is 182 Å². The highest BCUT2D eigenvalue weighted by molar-refractivity contribution is 6.58. The van der Waals surface area contributed by atoms with Crippen molar-refractivity contribution in [1.82, 2.24) is 34.9 Å². The maximum absolute atomic E-state index is 9.98. The first-order valence-corrected chi connectivity index (χ1v) is 19.1. The lowest BCUT2D eigenvalue weighted by molar-refractivity contribution is 0.426. The average molecular weight is 762 g/mol. The molecule has 10 heteroatoms. The van der Waals surface area contributed by atoms with Crippen LogP contribution in [-0.2, 0) is 0 Å². The van der Waals surface area contributed by atoms with Crippen LogP contribution < -0.4 is 5.46 Å². The minimum absolute atomic E-state index is 0.330. The van der Waals surface area contributed by atoms with Gasteiger partial charge in [-0.15, -0.1) is 0 Å². The van der Waals surface area contributed by atoms with Crippen molar-refractivity contribution in [2.45, 2.75) is 0 Å². The first-order valence-electron chi connectivity index (χ1n) is 19.1. The number of fused-ring (bicyclic) bond motifs is 2. The third-order valence-electron chi connectivity index (χ3n) is 10.1. The number of rotatable bonds is 8. The fourth-order valence-corrected chi connectivity index (χ4v) is 7.15. The molecule has 0 atom stereocenters. The average Bonchev–Trinajstić information content (AvgIpc) is 3.31. The largest absolute Gasteiger partial charge is 0.488 e. The van der Waals surface area contributed by atoms with Gasteiger partial charge in [0.05, 0.1) is 44.8 Å². The zero-order valence-corrected chi connectivity index (χ0v) is 31.4. The van der Waals surface area contributed by atoms with E-state index < -0.39 is 7.12 Å². The molecule has 10 aromatic rings. The Balaban J connectivity index is 1.07. The van der Waals surface area contributed by atoms with Gasteiger partial charge in [0.2, 0.25) is 0 Å². The van der Waals surface area contributed by atoms with E-state index in [1.54, 1.807) is 18.2 Å². The quantitative estimate of drug-likeness (QED) is 0.146. The van der Waals surface area contributed by atoms with Gasteiger partial charge in [-0.1, -0.05) is 158 Å². The number of hydrogen-bond donors (Lipinski definition) is 2. The van der Waals surface area contributed by atoms with Crippen LogP contribution in [0.5, 0.6) is 0 Å². The van der Waals surface area contributed by atoms with Gasteiger partial charge in [-0.05, 0) is 29.7 Å². The number of para-hydroxylation sites is 4. The zero-order chi connectivity index (χ0) is 39.7. The van der Waals surface area contributed by atoms with E-state index in [4.69, 9.17) is 34.9 Å². The summed E-state index contributed by atoms with van der Waals surface area (Å²) in [6.45, 7) is 0. The van der Waals surface area contributed by atoms with Gasteiger partial charge in [0, 0.05) is 38.9 Å². The fourth-order valence-electron chi connectivity index (χ4n) is 7.15. The molecule has 10 rings (SSSR count). The SMILES string of the molecule is OB(O)c1cccc(-c2nc(-c3ccc(-c4nc5ccccc5nc4-c4ccccc4)cc3)nc(-c3ccc(-c4nc5ccccc5nc4-c4ccccc4)cc3)n2)c1. The van der Waals surface area contributed by atoms with E-state index in [1.807, 2.05) is 164 Å². The van der Waals surface area contributed by atoms with Crippen molar-refractivity contribution >= 4 is 34.6 Å². The van der Waals surface area contributed by atoms with E-state index in [-0.39, 0.29) is 0 Å². The summed E-state index contributed by atoms with van der Waals surface area (Å²) in [5, 5.41) is 20.0. The van der Waals surface area contributed by atoms with Crippen LogP contribution in [-0.4, -0.2) is 52.1 Å². The Labute approximate surface area is 339 Å². The zero-order valence-electron chi connectivity index (χ0n) is 31.4. The molecule has 3 heterocycles. The van der Waals surface area contributed by atoms with Crippen LogP contribution in [0.2, 0.25) is 0 Å². The Morgan fingerprint density at radius 1 is 0.271 bits per heavy atom. The summed E-state index contributed by atoms with van der Waals surface area (Å²) in [5.74, 6) is 1.30. The van der Waals surface area contributed by atoms with E-state index in [0.29, 0.717) is 28.5 Å². The van der Waals surface area contributed by atoms with Gasteiger partial charge < -0.3 is 10.0 Å². The lowest BCUT2D eigenvalue weighted by Crippen LogP contribution is -2.29. The molecule has 278 valence electrons. The summed E-state index contributed by atoms with van der Waals surface area (Å²) in [5.41, 5.74) is 12.6. The van der Waals surface area contributed by atoms with E-state index in [0.717, 1.165) is 78.2 Å². The summed E-state index contributed by atoms with van der Waals surface area (Å²) in [6, 6.07) is 58.7. The highest BCUT2D eigenvalue weighted by atomic mass is 16.4. The molecule has 2 N–H and O–H groups in total. The molecule has 9 nitrogen and oxygen atoms in total. The van der Waals surface area contributed by atoms with E-state index in [9.17, 15) is 10.0 Å². The second-order valence-electron chi connectivity index (χ2n) is 14.0. The van der Waals surface area contributed by atoms with Crippen molar-refractivity contribution in [2.75, 3.05) is 0 Å². The molecule has 0 amide bonds. The molecule has 3 aromatic heterocycles. The van der Waals surface area contributed by atoms with Gasteiger partial charge in [0.15, 0.2) is 17.5 Å². The first kappa shape index (κ1) is 35.6. The monoisotopic (exact) mass is 761 g/mol. The Morgan fingerprint density at radius 3 is 0.949 bits per heavy atom. The molecule has 7 aromatic carbocycles. The predicted octanol–water partition coefficient (Wildman–Crippen LogP) is 9.11. The van der Waals surface area contributed by atoms with Crippen LogP contribution in [0.1, 0.15) is 0 Å². The van der Waals surface area contributed by atoms with Gasteiger partial charge in [0.25, 0.3) is 0 Å². The number of nitrogens with zero attached hydrogens (tertiary/aromatic N) is 7. The second kappa shape index (κ2) is 15.3. The minimum Gasteiger partial charge on any atom is -0.423 e.